The smallest absolute Gasteiger partial charge is 0.341 e. The van der Waals surface area contributed by atoms with E-state index in [0.717, 1.165) is 11.6 Å². The Morgan fingerprint density at radius 2 is 1.59 bits per heavy atom. The van der Waals surface area contributed by atoms with Crippen molar-refractivity contribution in [3.05, 3.63) is 101 Å². The Bertz CT molecular complexity index is 1100. The van der Waals surface area contributed by atoms with Crippen LogP contribution in [0.5, 0.6) is 11.5 Å². The lowest BCUT2D eigenvalue weighted by atomic mass is 10.0. The van der Waals surface area contributed by atoms with Crippen LogP contribution >= 0.6 is 0 Å². The van der Waals surface area contributed by atoms with E-state index in [1.165, 1.54) is 26.5 Å². The molecule has 5 nitrogen and oxygen atoms in total. The van der Waals surface area contributed by atoms with Crippen LogP contribution in [0.25, 0.3) is 5.57 Å². The summed E-state index contributed by atoms with van der Waals surface area (Å²) in [7, 11) is 2.67. The summed E-state index contributed by atoms with van der Waals surface area (Å²) in [5.41, 5.74) is 2.04. The largest absolute Gasteiger partial charge is 0.503 e. The number of ether oxygens (including phenoxy) is 4. The van der Waals surface area contributed by atoms with E-state index < -0.39 is 23.4 Å². The first-order valence-corrected chi connectivity index (χ1v) is 9.72. The first-order chi connectivity index (χ1) is 15.5. The first kappa shape index (κ1) is 22.8. The minimum Gasteiger partial charge on any atom is -0.503 e. The van der Waals surface area contributed by atoms with E-state index in [2.05, 4.69) is 0 Å². The molecule has 3 rings (SSSR count). The molecule has 0 fully saturated rings. The Hall–Kier alpha value is -3.87. The van der Waals surface area contributed by atoms with Gasteiger partial charge in [-0.25, -0.2) is 9.18 Å². The van der Waals surface area contributed by atoms with Crippen molar-refractivity contribution in [3.63, 3.8) is 0 Å². The van der Waals surface area contributed by atoms with E-state index >= 15 is 0 Å². The van der Waals surface area contributed by atoms with Crippen LogP contribution in [0.4, 0.5) is 8.78 Å². The Morgan fingerprint density at radius 1 is 0.875 bits per heavy atom. The van der Waals surface area contributed by atoms with Gasteiger partial charge in [0.25, 0.3) is 0 Å². The molecule has 0 aliphatic heterocycles. The van der Waals surface area contributed by atoms with Crippen LogP contribution in [0.1, 0.15) is 16.7 Å². The lowest BCUT2D eigenvalue weighted by Gasteiger charge is -2.15. The molecule has 3 aromatic rings. The zero-order valence-electron chi connectivity index (χ0n) is 17.6. The maximum absolute atomic E-state index is 14.9. The van der Waals surface area contributed by atoms with Gasteiger partial charge in [0.2, 0.25) is 5.82 Å². The van der Waals surface area contributed by atoms with Gasteiger partial charge in [-0.1, -0.05) is 54.6 Å². The molecule has 32 heavy (non-hydrogen) atoms. The molecule has 0 heterocycles. The standard InChI is InChI=1S/C25H22F2O5/c1-29-16-20(25(28)30-2)19-11-7-6-10-18(19)15-31-22-13-12-21(26)24(23(22)27)32-14-17-8-4-3-5-9-17/h3-13,16H,14-15H2,1-2H3. The van der Waals surface area contributed by atoms with E-state index in [-0.39, 0.29) is 24.5 Å². The van der Waals surface area contributed by atoms with Crippen LogP contribution in [0.3, 0.4) is 0 Å². The number of rotatable bonds is 9. The van der Waals surface area contributed by atoms with E-state index in [1.807, 2.05) is 18.2 Å². The van der Waals surface area contributed by atoms with Crippen molar-refractivity contribution >= 4 is 11.5 Å². The number of halogens is 2. The quantitative estimate of drug-likeness (QED) is 0.257. The lowest BCUT2D eigenvalue weighted by Crippen LogP contribution is -2.09. The fourth-order valence-corrected chi connectivity index (χ4v) is 3.00. The summed E-state index contributed by atoms with van der Waals surface area (Å²) in [6, 6.07) is 18.2. The van der Waals surface area contributed by atoms with Crippen molar-refractivity contribution in [1.29, 1.82) is 0 Å². The van der Waals surface area contributed by atoms with Gasteiger partial charge in [-0.05, 0) is 28.8 Å². The number of carbonyl (C=O) groups is 1. The zero-order chi connectivity index (χ0) is 22.9. The summed E-state index contributed by atoms with van der Waals surface area (Å²) >= 11 is 0. The average molecular weight is 440 g/mol. The van der Waals surface area contributed by atoms with Crippen LogP contribution in [-0.4, -0.2) is 20.2 Å². The maximum Gasteiger partial charge on any atom is 0.341 e. The molecule has 0 N–H and O–H groups in total. The molecule has 0 saturated carbocycles. The number of hydrogen-bond acceptors (Lipinski definition) is 5. The van der Waals surface area contributed by atoms with Gasteiger partial charge in [-0.15, -0.1) is 0 Å². The third-order valence-electron chi connectivity index (χ3n) is 4.57. The zero-order valence-corrected chi connectivity index (χ0v) is 17.6. The molecule has 0 aromatic heterocycles. The van der Waals surface area contributed by atoms with Gasteiger partial charge in [-0.2, -0.15) is 4.39 Å². The molecule has 7 heteroatoms. The molecule has 0 saturated heterocycles. The summed E-state index contributed by atoms with van der Waals surface area (Å²) in [5.74, 6) is -3.07. The van der Waals surface area contributed by atoms with E-state index in [1.54, 1.807) is 36.4 Å². The molecule has 0 radical (unpaired) electrons. The van der Waals surface area contributed by atoms with E-state index in [9.17, 15) is 13.6 Å². The molecule has 3 aromatic carbocycles. The van der Waals surface area contributed by atoms with Gasteiger partial charge in [0, 0.05) is 0 Å². The Kier molecular flexibility index (Phi) is 7.80. The first-order valence-electron chi connectivity index (χ1n) is 9.72. The van der Waals surface area contributed by atoms with Crippen molar-refractivity contribution in [2.75, 3.05) is 14.2 Å². The second-order valence-electron chi connectivity index (χ2n) is 6.67. The van der Waals surface area contributed by atoms with Crippen LogP contribution in [-0.2, 0) is 27.5 Å². The summed E-state index contributed by atoms with van der Waals surface area (Å²) in [6.07, 6.45) is 1.26. The monoisotopic (exact) mass is 440 g/mol. The summed E-state index contributed by atoms with van der Waals surface area (Å²) < 4.78 is 49.9. The molecule has 166 valence electrons. The van der Waals surface area contributed by atoms with Gasteiger partial charge < -0.3 is 18.9 Å². The molecular formula is C25H22F2O5. The van der Waals surface area contributed by atoms with E-state index in [0.29, 0.717) is 11.1 Å². The molecule has 0 amide bonds. The fraction of sp³-hybridized carbons (Fsp3) is 0.160. The fourth-order valence-electron chi connectivity index (χ4n) is 3.00. The Labute approximate surface area is 184 Å². The molecule has 0 atom stereocenters. The minimum atomic E-state index is -0.945. The van der Waals surface area contributed by atoms with Crippen LogP contribution in [0.15, 0.2) is 73.0 Å². The number of carbonyl (C=O) groups excluding carboxylic acids is 1. The molecule has 0 bridgehead atoms. The van der Waals surface area contributed by atoms with Gasteiger partial charge in [0.15, 0.2) is 17.3 Å². The van der Waals surface area contributed by atoms with Crippen LogP contribution in [0, 0.1) is 11.6 Å². The summed E-state index contributed by atoms with van der Waals surface area (Å²) in [5, 5.41) is 0. The predicted octanol–water partition coefficient (Wildman–Crippen LogP) is 5.28. The summed E-state index contributed by atoms with van der Waals surface area (Å²) in [6.45, 7) is -0.0832. The normalized spacial score (nSPS) is 11.1. The molecule has 0 aliphatic carbocycles. The second-order valence-corrected chi connectivity index (χ2v) is 6.67. The third-order valence-corrected chi connectivity index (χ3v) is 4.57. The van der Waals surface area contributed by atoms with Gasteiger partial charge >= 0.3 is 5.97 Å². The topological polar surface area (TPSA) is 54.0 Å². The summed E-state index contributed by atoms with van der Waals surface area (Å²) in [4.78, 5) is 12.1. The highest BCUT2D eigenvalue weighted by Crippen LogP contribution is 2.31. The molecule has 0 spiro atoms. The SMILES string of the molecule is COC=C(C(=O)OC)c1ccccc1COc1ccc(F)c(OCc2ccccc2)c1F. The highest BCUT2D eigenvalue weighted by molar-refractivity contribution is 6.16. The molecular weight excluding hydrogens is 418 g/mol. The maximum atomic E-state index is 14.9. The average Bonchev–Trinajstić information content (AvgIpc) is 2.82. The molecule has 0 aliphatic rings. The van der Waals surface area contributed by atoms with Gasteiger partial charge in [0.05, 0.1) is 20.5 Å². The third kappa shape index (κ3) is 5.43. The van der Waals surface area contributed by atoms with Crippen molar-refractivity contribution < 1.29 is 32.5 Å². The number of methoxy groups -OCH3 is 2. The van der Waals surface area contributed by atoms with Gasteiger partial charge in [0.1, 0.15) is 18.8 Å². The van der Waals surface area contributed by atoms with Crippen molar-refractivity contribution in [2.45, 2.75) is 13.2 Å². The van der Waals surface area contributed by atoms with Crippen molar-refractivity contribution in [3.8, 4) is 11.5 Å². The van der Waals surface area contributed by atoms with Crippen LogP contribution in [0.2, 0.25) is 0 Å². The van der Waals surface area contributed by atoms with E-state index in [4.69, 9.17) is 18.9 Å². The van der Waals surface area contributed by atoms with Crippen molar-refractivity contribution in [2.24, 2.45) is 0 Å². The number of benzene rings is 3. The van der Waals surface area contributed by atoms with Gasteiger partial charge in [-0.3, -0.25) is 0 Å². The van der Waals surface area contributed by atoms with Crippen molar-refractivity contribution in [1.82, 2.24) is 0 Å². The van der Waals surface area contributed by atoms with Crippen LogP contribution < -0.4 is 9.47 Å². The molecule has 0 unspecified atom stereocenters. The predicted molar refractivity (Wildman–Crippen MR) is 115 cm³/mol. The second kappa shape index (κ2) is 10.9. The number of esters is 1. The highest BCUT2D eigenvalue weighted by Gasteiger charge is 2.19. The Balaban J connectivity index is 1.81. The Morgan fingerprint density at radius 3 is 2.31 bits per heavy atom. The highest BCUT2D eigenvalue weighted by atomic mass is 19.1. The lowest BCUT2D eigenvalue weighted by molar-refractivity contribution is -0.133. The number of hydrogen-bond donors (Lipinski definition) is 0. The minimum absolute atomic E-state index is 0.00523.